The maximum Gasteiger partial charge on any atom is 0.326 e. The van der Waals surface area contributed by atoms with Gasteiger partial charge in [-0.2, -0.15) is 0 Å². The highest BCUT2D eigenvalue weighted by atomic mass is 32.2. The predicted molar refractivity (Wildman–Crippen MR) is 140 cm³/mol. The summed E-state index contributed by atoms with van der Waals surface area (Å²) in [6.07, 6.45) is 1.97. The Kier molecular flexibility index (Phi) is 7.95. The van der Waals surface area contributed by atoms with Gasteiger partial charge in [0, 0.05) is 0 Å². The minimum absolute atomic E-state index is 0.225. The van der Waals surface area contributed by atoms with Crippen LogP contribution in [0.1, 0.15) is 31.4 Å². The van der Waals surface area contributed by atoms with Crippen LogP contribution in [0.5, 0.6) is 11.5 Å². The molecule has 0 N–H and O–H groups in total. The summed E-state index contributed by atoms with van der Waals surface area (Å²) in [6, 6.07) is 19.5. The molecule has 0 bridgehead atoms. The van der Waals surface area contributed by atoms with E-state index in [2.05, 4.69) is 18.2 Å². The minimum atomic E-state index is -0.609. The van der Waals surface area contributed by atoms with Crippen molar-refractivity contribution < 1.29 is 28.6 Å². The second kappa shape index (κ2) is 11.3. The topological polar surface area (TPSA) is 82.1 Å². The van der Waals surface area contributed by atoms with Gasteiger partial charge in [0.05, 0.1) is 18.1 Å². The third kappa shape index (κ3) is 5.71. The summed E-state index contributed by atoms with van der Waals surface area (Å²) in [4.78, 5) is 38.3. The van der Waals surface area contributed by atoms with Crippen molar-refractivity contribution in [2.75, 3.05) is 13.7 Å². The van der Waals surface area contributed by atoms with Crippen LogP contribution in [0.4, 0.5) is 4.79 Å². The number of rotatable bonds is 9. The molecule has 1 heterocycles. The standard InChI is InChI=1S/C28H27NO6S/c1-4-18(2)35-26(30)16-29-27(31)25(36-28(29)32)15-19-12-13-23(24(14-19)33-3)34-17-21-10-7-9-20-8-5-6-11-22(20)21/h5-15,18H,4,16-17H2,1-3H3/b25-15+/t18-/m1/s1. The van der Waals surface area contributed by atoms with Crippen molar-refractivity contribution in [3.63, 3.8) is 0 Å². The van der Waals surface area contributed by atoms with Crippen LogP contribution in [0.3, 0.4) is 0 Å². The van der Waals surface area contributed by atoms with Gasteiger partial charge in [-0.05, 0) is 65.2 Å². The molecule has 7 nitrogen and oxygen atoms in total. The van der Waals surface area contributed by atoms with Crippen LogP contribution < -0.4 is 9.47 Å². The first-order valence-corrected chi connectivity index (χ1v) is 12.4. The number of ether oxygens (including phenoxy) is 3. The van der Waals surface area contributed by atoms with Gasteiger partial charge in [0.2, 0.25) is 0 Å². The fourth-order valence-electron chi connectivity index (χ4n) is 3.73. The molecule has 0 unspecified atom stereocenters. The van der Waals surface area contributed by atoms with Crippen LogP contribution in [-0.2, 0) is 20.9 Å². The van der Waals surface area contributed by atoms with Gasteiger partial charge in [0.1, 0.15) is 13.2 Å². The first-order chi connectivity index (χ1) is 17.4. The molecular weight excluding hydrogens is 478 g/mol. The normalized spacial score (nSPS) is 15.4. The van der Waals surface area contributed by atoms with E-state index in [0.29, 0.717) is 30.1 Å². The fourth-order valence-corrected chi connectivity index (χ4v) is 4.57. The van der Waals surface area contributed by atoms with Crippen LogP contribution in [0.25, 0.3) is 16.8 Å². The molecule has 3 aromatic carbocycles. The van der Waals surface area contributed by atoms with Crippen molar-refractivity contribution in [2.24, 2.45) is 0 Å². The van der Waals surface area contributed by atoms with Gasteiger partial charge in [-0.1, -0.05) is 55.5 Å². The van der Waals surface area contributed by atoms with Gasteiger partial charge in [-0.25, -0.2) is 0 Å². The quantitative estimate of drug-likeness (QED) is 0.268. The maximum absolute atomic E-state index is 12.8. The molecule has 36 heavy (non-hydrogen) atoms. The average molecular weight is 506 g/mol. The largest absolute Gasteiger partial charge is 0.493 e. The van der Waals surface area contributed by atoms with E-state index in [1.54, 1.807) is 38.3 Å². The molecule has 0 saturated carbocycles. The summed E-state index contributed by atoms with van der Waals surface area (Å²) in [5.74, 6) is -0.0764. The minimum Gasteiger partial charge on any atom is -0.493 e. The van der Waals surface area contributed by atoms with Crippen molar-refractivity contribution >= 4 is 45.7 Å². The van der Waals surface area contributed by atoms with Crippen molar-refractivity contribution in [2.45, 2.75) is 33.0 Å². The second-order valence-corrected chi connectivity index (χ2v) is 9.31. The molecule has 0 aliphatic carbocycles. The number of esters is 1. The Bertz CT molecular complexity index is 1330. The van der Waals surface area contributed by atoms with E-state index < -0.39 is 23.7 Å². The smallest absolute Gasteiger partial charge is 0.326 e. The van der Waals surface area contributed by atoms with E-state index in [9.17, 15) is 14.4 Å². The average Bonchev–Trinajstić information content (AvgIpc) is 3.14. The van der Waals surface area contributed by atoms with Gasteiger partial charge in [-0.15, -0.1) is 0 Å². The number of fused-ring (bicyclic) bond motifs is 1. The van der Waals surface area contributed by atoms with Gasteiger partial charge in [-0.3, -0.25) is 19.3 Å². The number of carbonyl (C=O) groups is 3. The number of thioether (sulfide) groups is 1. The summed E-state index contributed by atoms with van der Waals surface area (Å²) in [5.41, 5.74) is 1.72. The Hall–Kier alpha value is -3.78. The zero-order valence-electron chi connectivity index (χ0n) is 20.4. The lowest BCUT2D eigenvalue weighted by atomic mass is 10.1. The molecule has 1 fully saturated rings. The highest BCUT2D eigenvalue weighted by Gasteiger charge is 2.36. The molecule has 1 atom stereocenters. The Labute approximate surface area is 214 Å². The van der Waals surface area contributed by atoms with E-state index in [-0.39, 0.29) is 11.0 Å². The Balaban J connectivity index is 1.47. The lowest BCUT2D eigenvalue weighted by molar-refractivity contribution is -0.150. The Morgan fingerprint density at radius 3 is 2.61 bits per heavy atom. The summed E-state index contributed by atoms with van der Waals surface area (Å²) >= 11 is 0.788. The van der Waals surface area contributed by atoms with E-state index >= 15 is 0 Å². The van der Waals surface area contributed by atoms with Crippen LogP contribution in [-0.4, -0.2) is 41.8 Å². The Morgan fingerprint density at radius 2 is 1.83 bits per heavy atom. The number of imide groups is 1. The first-order valence-electron chi connectivity index (χ1n) is 11.6. The van der Waals surface area contributed by atoms with Crippen molar-refractivity contribution in [1.82, 2.24) is 4.90 Å². The molecule has 186 valence electrons. The maximum atomic E-state index is 12.8. The predicted octanol–water partition coefficient (Wildman–Crippen LogP) is 5.81. The van der Waals surface area contributed by atoms with Gasteiger partial charge in [0.15, 0.2) is 11.5 Å². The number of hydrogen-bond acceptors (Lipinski definition) is 7. The third-order valence-electron chi connectivity index (χ3n) is 5.82. The zero-order chi connectivity index (χ0) is 25.7. The zero-order valence-corrected chi connectivity index (χ0v) is 21.2. The van der Waals surface area contributed by atoms with Crippen LogP contribution in [0.15, 0.2) is 65.6 Å². The molecule has 1 saturated heterocycles. The van der Waals surface area contributed by atoms with Gasteiger partial charge < -0.3 is 14.2 Å². The Morgan fingerprint density at radius 1 is 1.06 bits per heavy atom. The molecule has 8 heteroatoms. The summed E-state index contributed by atoms with van der Waals surface area (Å²) < 4.78 is 16.8. The third-order valence-corrected chi connectivity index (χ3v) is 6.72. The summed E-state index contributed by atoms with van der Waals surface area (Å²) in [5, 5.41) is 1.76. The molecule has 2 amide bonds. The van der Waals surface area contributed by atoms with Crippen molar-refractivity contribution in [3.8, 4) is 11.5 Å². The van der Waals surface area contributed by atoms with E-state index in [1.807, 2.05) is 31.2 Å². The number of methoxy groups -OCH3 is 1. The molecule has 3 aromatic rings. The second-order valence-electron chi connectivity index (χ2n) is 8.31. The SMILES string of the molecule is CC[C@@H](C)OC(=O)CN1C(=O)S/C(=C/c2ccc(OCc3cccc4ccccc34)c(OC)c2)C1=O. The van der Waals surface area contributed by atoms with Gasteiger partial charge in [0.25, 0.3) is 11.1 Å². The molecule has 1 aliphatic heterocycles. The molecule has 1 aliphatic rings. The van der Waals surface area contributed by atoms with E-state index in [0.717, 1.165) is 33.0 Å². The molecule has 0 aromatic heterocycles. The van der Waals surface area contributed by atoms with Crippen LogP contribution in [0.2, 0.25) is 0 Å². The molecular formula is C28H27NO6S. The number of carbonyl (C=O) groups excluding carboxylic acids is 3. The summed E-state index contributed by atoms with van der Waals surface area (Å²) in [7, 11) is 1.54. The number of hydrogen-bond donors (Lipinski definition) is 0. The van der Waals surface area contributed by atoms with Crippen LogP contribution >= 0.6 is 11.8 Å². The van der Waals surface area contributed by atoms with E-state index in [1.165, 1.54) is 0 Å². The highest BCUT2D eigenvalue weighted by molar-refractivity contribution is 8.18. The molecule has 0 radical (unpaired) electrons. The lowest BCUT2D eigenvalue weighted by Gasteiger charge is -2.15. The highest BCUT2D eigenvalue weighted by Crippen LogP contribution is 2.35. The van der Waals surface area contributed by atoms with Crippen molar-refractivity contribution in [3.05, 3.63) is 76.7 Å². The van der Waals surface area contributed by atoms with Gasteiger partial charge >= 0.3 is 5.97 Å². The van der Waals surface area contributed by atoms with Crippen LogP contribution in [0, 0.1) is 0 Å². The van der Waals surface area contributed by atoms with Crippen molar-refractivity contribution in [1.29, 1.82) is 0 Å². The first kappa shape index (κ1) is 25.3. The monoisotopic (exact) mass is 505 g/mol. The molecule has 4 rings (SSSR count). The fraction of sp³-hybridized carbons (Fsp3) is 0.250. The van der Waals surface area contributed by atoms with E-state index in [4.69, 9.17) is 14.2 Å². The lowest BCUT2D eigenvalue weighted by Crippen LogP contribution is -2.35. The number of nitrogens with zero attached hydrogens (tertiary/aromatic N) is 1. The number of benzene rings is 3. The summed E-state index contributed by atoms with van der Waals surface area (Å²) in [6.45, 7) is 3.60. The number of amides is 2. The molecule has 0 spiro atoms.